The number of amidine groups is 1. The minimum Gasteiger partial charge on any atom is -0.464 e. The second-order valence-electron chi connectivity index (χ2n) is 2.91. The van der Waals surface area contributed by atoms with Crippen LogP contribution in [0.1, 0.15) is 23.0 Å². The summed E-state index contributed by atoms with van der Waals surface area (Å²) >= 11 is 1.46. The third-order valence-electron chi connectivity index (χ3n) is 1.84. The van der Waals surface area contributed by atoms with Crippen molar-refractivity contribution in [3.05, 3.63) is 23.5 Å². The fourth-order valence-electron chi connectivity index (χ4n) is 1.11. The number of nitrogens with one attached hydrogen (secondary N) is 1. The SMILES string of the molecule is CCSc1cc(C(=N)N)cnc1C(=O)OC. The Balaban J connectivity index is 3.18. The maximum atomic E-state index is 11.4. The first-order valence-electron chi connectivity index (χ1n) is 4.65. The van der Waals surface area contributed by atoms with Gasteiger partial charge in [-0.15, -0.1) is 11.8 Å². The normalized spacial score (nSPS) is 9.88. The van der Waals surface area contributed by atoms with Crippen molar-refractivity contribution < 1.29 is 9.53 Å². The highest BCUT2D eigenvalue weighted by molar-refractivity contribution is 7.99. The first-order chi connectivity index (χ1) is 7.60. The van der Waals surface area contributed by atoms with E-state index in [-0.39, 0.29) is 11.5 Å². The molecule has 0 spiro atoms. The molecule has 0 radical (unpaired) electrons. The lowest BCUT2D eigenvalue weighted by Crippen LogP contribution is -2.14. The number of pyridine rings is 1. The predicted molar refractivity (Wildman–Crippen MR) is 63.0 cm³/mol. The smallest absolute Gasteiger partial charge is 0.357 e. The van der Waals surface area contributed by atoms with E-state index in [0.29, 0.717) is 10.5 Å². The van der Waals surface area contributed by atoms with E-state index in [4.69, 9.17) is 11.1 Å². The van der Waals surface area contributed by atoms with Crippen LogP contribution in [-0.4, -0.2) is 29.7 Å². The number of hydrogen-bond donors (Lipinski definition) is 2. The zero-order chi connectivity index (χ0) is 12.1. The van der Waals surface area contributed by atoms with Crippen molar-refractivity contribution in [2.75, 3.05) is 12.9 Å². The van der Waals surface area contributed by atoms with E-state index in [1.54, 1.807) is 6.07 Å². The van der Waals surface area contributed by atoms with Crippen molar-refractivity contribution in [3.63, 3.8) is 0 Å². The number of rotatable bonds is 4. The highest BCUT2D eigenvalue weighted by atomic mass is 32.2. The van der Waals surface area contributed by atoms with E-state index >= 15 is 0 Å². The van der Waals surface area contributed by atoms with Gasteiger partial charge in [-0.25, -0.2) is 9.78 Å². The number of thioether (sulfide) groups is 1. The van der Waals surface area contributed by atoms with Gasteiger partial charge < -0.3 is 10.5 Å². The van der Waals surface area contributed by atoms with Gasteiger partial charge in [0.05, 0.1) is 7.11 Å². The van der Waals surface area contributed by atoms with E-state index < -0.39 is 5.97 Å². The van der Waals surface area contributed by atoms with Crippen LogP contribution in [-0.2, 0) is 4.74 Å². The maximum Gasteiger partial charge on any atom is 0.357 e. The molecule has 0 aliphatic heterocycles. The summed E-state index contributed by atoms with van der Waals surface area (Å²) in [5, 5.41) is 7.30. The Hall–Kier alpha value is -1.56. The van der Waals surface area contributed by atoms with Crippen molar-refractivity contribution in [3.8, 4) is 0 Å². The maximum absolute atomic E-state index is 11.4. The number of hydrogen-bond acceptors (Lipinski definition) is 5. The number of carbonyl (C=O) groups excluding carboxylic acids is 1. The molecule has 5 nitrogen and oxygen atoms in total. The highest BCUT2D eigenvalue weighted by Crippen LogP contribution is 2.22. The molecule has 1 aromatic rings. The summed E-state index contributed by atoms with van der Waals surface area (Å²) in [6.45, 7) is 1.96. The first kappa shape index (κ1) is 12.5. The molecular weight excluding hydrogens is 226 g/mol. The Bertz CT molecular complexity index is 421. The summed E-state index contributed by atoms with van der Waals surface area (Å²) in [5.74, 6) is 0.250. The second kappa shape index (κ2) is 5.50. The Morgan fingerprint density at radius 2 is 2.38 bits per heavy atom. The van der Waals surface area contributed by atoms with Gasteiger partial charge in [-0.1, -0.05) is 6.92 Å². The summed E-state index contributed by atoms with van der Waals surface area (Å²) in [6.07, 6.45) is 1.40. The van der Waals surface area contributed by atoms with Crippen molar-refractivity contribution in [1.29, 1.82) is 5.41 Å². The standard InChI is InChI=1S/C10H13N3O2S/c1-3-16-7-4-6(9(11)12)5-13-8(7)10(14)15-2/h4-5H,3H2,1-2H3,(H3,11,12). The molecule has 0 saturated heterocycles. The average Bonchev–Trinajstić information content (AvgIpc) is 2.28. The number of aromatic nitrogens is 1. The number of methoxy groups -OCH3 is 1. The molecule has 86 valence electrons. The van der Waals surface area contributed by atoms with E-state index in [9.17, 15) is 4.79 Å². The summed E-state index contributed by atoms with van der Waals surface area (Å²) < 4.78 is 4.62. The van der Waals surface area contributed by atoms with Crippen molar-refractivity contribution in [2.24, 2.45) is 5.73 Å². The lowest BCUT2D eigenvalue weighted by molar-refractivity contribution is 0.0589. The number of ether oxygens (including phenoxy) is 1. The van der Waals surface area contributed by atoms with Crippen molar-refractivity contribution in [1.82, 2.24) is 4.98 Å². The molecule has 0 amide bonds. The quantitative estimate of drug-likeness (QED) is 0.357. The molecule has 1 aromatic heterocycles. The Kier molecular flexibility index (Phi) is 4.30. The molecule has 6 heteroatoms. The minimum absolute atomic E-state index is 0.0677. The molecule has 0 saturated carbocycles. The van der Waals surface area contributed by atoms with Gasteiger partial charge in [-0.2, -0.15) is 0 Å². The van der Waals surface area contributed by atoms with Crippen LogP contribution in [0.4, 0.5) is 0 Å². The molecule has 0 fully saturated rings. The van der Waals surface area contributed by atoms with Crippen molar-refractivity contribution in [2.45, 2.75) is 11.8 Å². The Labute approximate surface area is 97.9 Å². The van der Waals surface area contributed by atoms with Gasteiger partial charge in [0, 0.05) is 16.7 Å². The largest absolute Gasteiger partial charge is 0.464 e. The summed E-state index contributed by atoms with van der Waals surface area (Å²) in [5.41, 5.74) is 6.12. The van der Waals surface area contributed by atoms with Crippen LogP contribution in [0.5, 0.6) is 0 Å². The second-order valence-corrected chi connectivity index (χ2v) is 4.21. The molecular formula is C10H13N3O2S. The number of nitrogens with two attached hydrogens (primary N) is 1. The molecule has 1 rings (SSSR count). The molecule has 1 heterocycles. The van der Waals surface area contributed by atoms with E-state index in [0.717, 1.165) is 5.75 Å². The molecule has 16 heavy (non-hydrogen) atoms. The van der Waals surface area contributed by atoms with E-state index in [1.165, 1.54) is 25.1 Å². The van der Waals surface area contributed by atoms with Crippen LogP contribution in [0.15, 0.2) is 17.2 Å². The minimum atomic E-state index is -0.481. The fraction of sp³-hybridized carbons (Fsp3) is 0.300. The van der Waals surface area contributed by atoms with Gasteiger partial charge in [0.25, 0.3) is 0 Å². The van der Waals surface area contributed by atoms with Crippen LogP contribution in [0.3, 0.4) is 0 Å². The average molecular weight is 239 g/mol. The lowest BCUT2D eigenvalue weighted by Gasteiger charge is -2.07. The van der Waals surface area contributed by atoms with Gasteiger partial charge >= 0.3 is 5.97 Å². The molecule has 0 unspecified atom stereocenters. The van der Waals surface area contributed by atoms with Crippen LogP contribution in [0.25, 0.3) is 0 Å². The van der Waals surface area contributed by atoms with Gasteiger partial charge in [0.2, 0.25) is 0 Å². The number of carbonyl (C=O) groups is 1. The summed E-state index contributed by atoms with van der Waals surface area (Å²) in [4.78, 5) is 16.1. The van der Waals surface area contributed by atoms with Crippen molar-refractivity contribution >= 4 is 23.6 Å². The van der Waals surface area contributed by atoms with Gasteiger partial charge in [0.1, 0.15) is 5.84 Å². The summed E-state index contributed by atoms with van der Waals surface area (Å²) in [6, 6.07) is 1.68. The molecule has 0 atom stereocenters. The predicted octanol–water partition coefficient (Wildman–Crippen LogP) is 1.26. The van der Waals surface area contributed by atoms with Crippen LogP contribution in [0.2, 0.25) is 0 Å². The van der Waals surface area contributed by atoms with Gasteiger partial charge in [0.15, 0.2) is 5.69 Å². The number of nitrogen functional groups attached to an aromatic ring is 1. The number of esters is 1. The third kappa shape index (κ3) is 2.73. The number of nitrogens with zero attached hydrogens (tertiary/aromatic N) is 1. The lowest BCUT2D eigenvalue weighted by atomic mass is 10.2. The monoisotopic (exact) mass is 239 g/mol. The zero-order valence-electron chi connectivity index (χ0n) is 9.11. The third-order valence-corrected chi connectivity index (χ3v) is 2.75. The van der Waals surface area contributed by atoms with Crippen LogP contribution in [0, 0.1) is 5.41 Å². The van der Waals surface area contributed by atoms with E-state index in [2.05, 4.69) is 9.72 Å². The Morgan fingerprint density at radius 3 is 2.88 bits per heavy atom. The topological polar surface area (TPSA) is 89.1 Å². The molecule has 0 aromatic carbocycles. The Morgan fingerprint density at radius 1 is 1.69 bits per heavy atom. The van der Waals surface area contributed by atoms with Gasteiger partial charge in [-0.3, -0.25) is 5.41 Å². The highest BCUT2D eigenvalue weighted by Gasteiger charge is 2.14. The molecule has 3 N–H and O–H groups in total. The van der Waals surface area contributed by atoms with Crippen LogP contribution < -0.4 is 5.73 Å². The first-order valence-corrected chi connectivity index (χ1v) is 5.64. The zero-order valence-corrected chi connectivity index (χ0v) is 9.93. The molecule has 0 aliphatic carbocycles. The van der Waals surface area contributed by atoms with Crippen LogP contribution >= 0.6 is 11.8 Å². The fourth-order valence-corrected chi connectivity index (χ4v) is 1.90. The van der Waals surface area contributed by atoms with E-state index in [1.807, 2.05) is 6.92 Å². The molecule has 0 aliphatic rings. The summed E-state index contributed by atoms with van der Waals surface area (Å²) in [7, 11) is 1.31. The van der Waals surface area contributed by atoms with Gasteiger partial charge in [-0.05, 0) is 11.8 Å². The molecule has 0 bridgehead atoms.